The van der Waals surface area contributed by atoms with Gasteiger partial charge < -0.3 is 4.74 Å². The minimum Gasteiger partial charge on any atom is -0.494 e. The number of hydrogen-bond donors (Lipinski definition) is 0. The van der Waals surface area contributed by atoms with Gasteiger partial charge in [0.05, 0.1) is 13.2 Å². The summed E-state index contributed by atoms with van der Waals surface area (Å²) < 4.78 is 5.36. The summed E-state index contributed by atoms with van der Waals surface area (Å²) in [6, 6.07) is 7.68. The van der Waals surface area contributed by atoms with Crippen LogP contribution in [0.15, 0.2) is 24.3 Å². The molecule has 2 aromatic rings. The van der Waals surface area contributed by atoms with E-state index in [-0.39, 0.29) is 0 Å². The average molecular weight is 218 g/mol. The second-order valence-electron chi connectivity index (χ2n) is 3.26. The Morgan fingerprint density at radius 2 is 1.94 bits per heavy atom. The van der Waals surface area contributed by atoms with Crippen molar-refractivity contribution in [3.05, 3.63) is 24.3 Å². The molecule has 84 valence electrons. The van der Waals surface area contributed by atoms with Crippen molar-refractivity contribution in [3.63, 3.8) is 0 Å². The van der Waals surface area contributed by atoms with Gasteiger partial charge in [0.25, 0.3) is 0 Å². The molecule has 0 aliphatic rings. The first-order chi connectivity index (χ1) is 7.83. The van der Waals surface area contributed by atoms with Crippen molar-refractivity contribution in [1.82, 2.24) is 20.2 Å². The zero-order chi connectivity index (χ0) is 11.4. The zero-order valence-electron chi connectivity index (χ0n) is 9.42. The van der Waals surface area contributed by atoms with Crippen LogP contribution in [-0.2, 0) is 6.54 Å². The van der Waals surface area contributed by atoms with Gasteiger partial charge >= 0.3 is 0 Å². The van der Waals surface area contributed by atoms with E-state index in [1.807, 2.05) is 38.1 Å². The van der Waals surface area contributed by atoms with Gasteiger partial charge in [-0.25, -0.2) is 0 Å². The maximum atomic E-state index is 5.36. The molecule has 0 bridgehead atoms. The number of tetrazole rings is 1. The average Bonchev–Trinajstić information content (AvgIpc) is 2.79. The van der Waals surface area contributed by atoms with Crippen molar-refractivity contribution in [2.75, 3.05) is 6.61 Å². The molecular formula is C11H14N4O. The predicted molar refractivity (Wildman–Crippen MR) is 60.1 cm³/mol. The Morgan fingerprint density at radius 3 is 2.50 bits per heavy atom. The SMILES string of the molecule is CCOc1ccc(-c2nnn(CC)n2)cc1. The first-order valence-electron chi connectivity index (χ1n) is 5.34. The van der Waals surface area contributed by atoms with E-state index in [4.69, 9.17) is 4.74 Å². The Bertz CT molecular complexity index is 449. The minimum absolute atomic E-state index is 0.643. The van der Waals surface area contributed by atoms with Crippen LogP contribution in [0.3, 0.4) is 0 Å². The molecule has 0 atom stereocenters. The molecule has 0 fully saturated rings. The molecule has 0 saturated heterocycles. The van der Waals surface area contributed by atoms with E-state index in [9.17, 15) is 0 Å². The normalized spacial score (nSPS) is 10.4. The molecule has 0 aliphatic carbocycles. The van der Waals surface area contributed by atoms with E-state index in [0.717, 1.165) is 17.9 Å². The van der Waals surface area contributed by atoms with Crippen LogP contribution in [0.5, 0.6) is 5.75 Å². The third-order valence-electron chi connectivity index (χ3n) is 2.16. The molecule has 0 aliphatic heterocycles. The third-order valence-corrected chi connectivity index (χ3v) is 2.16. The van der Waals surface area contributed by atoms with E-state index >= 15 is 0 Å². The van der Waals surface area contributed by atoms with Crippen molar-refractivity contribution in [1.29, 1.82) is 0 Å². The van der Waals surface area contributed by atoms with Crippen LogP contribution < -0.4 is 4.74 Å². The van der Waals surface area contributed by atoms with Crippen LogP contribution in [0.2, 0.25) is 0 Å². The third kappa shape index (κ3) is 2.18. The summed E-state index contributed by atoms with van der Waals surface area (Å²) in [5.74, 6) is 1.50. The van der Waals surface area contributed by atoms with Crippen molar-refractivity contribution in [2.45, 2.75) is 20.4 Å². The van der Waals surface area contributed by atoms with Crippen molar-refractivity contribution in [3.8, 4) is 17.1 Å². The van der Waals surface area contributed by atoms with Gasteiger partial charge in [0, 0.05) is 5.56 Å². The molecule has 5 nitrogen and oxygen atoms in total. The largest absolute Gasteiger partial charge is 0.494 e. The second kappa shape index (κ2) is 4.74. The molecule has 0 radical (unpaired) electrons. The highest BCUT2D eigenvalue weighted by Gasteiger charge is 2.04. The molecule has 0 N–H and O–H groups in total. The van der Waals surface area contributed by atoms with Crippen molar-refractivity contribution < 1.29 is 4.74 Å². The monoisotopic (exact) mass is 218 g/mol. The molecule has 1 heterocycles. The highest BCUT2D eigenvalue weighted by molar-refractivity contribution is 5.55. The number of nitrogens with zero attached hydrogens (tertiary/aromatic N) is 4. The van der Waals surface area contributed by atoms with Crippen LogP contribution >= 0.6 is 0 Å². The molecule has 0 saturated carbocycles. The predicted octanol–water partition coefficient (Wildman–Crippen LogP) is 1.76. The van der Waals surface area contributed by atoms with Gasteiger partial charge in [-0.05, 0) is 43.3 Å². The number of aryl methyl sites for hydroxylation is 1. The summed E-state index contributed by atoms with van der Waals surface area (Å²) in [5.41, 5.74) is 0.947. The molecule has 1 aromatic carbocycles. The van der Waals surface area contributed by atoms with E-state index in [1.54, 1.807) is 4.80 Å². The van der Waals surface area contributed by atoms with Crippen LogP contribution in [0, 0.1) is 0 Å². The number of rotatable bonds is 4. The zero-order valence-corrected chi connectivity index (χ0v) is 9.42. The summed E-state index contributed by atoms with van der Waals surface area (Å²) in [5, 5.41) is 12.1. The lowest BCUT2D eigenvalue weighted by atomic mass is 10.2. The summed E-state index contributed by atoms with van der Waals surface area (Å²) in [4.78, 5) is 1.56. The topological polar surface area (TPSA) is 52.8 Å². The molecule has 16 heavy (non-hydrogen) atoms. The molecule has 0 spiro atoms. The summed E-state index contributed by atoms with van der Waals surface area (Å²) >= 11 is 0. The van der Waals surface area contributed by atoms with Gasteiger partial charge in [0.2, 0.25) is 5.82 Å². The summed E-state index contributed by atoms with van der Waals surface area (Å²) in [6.45, 7) is 5.33. The fourth-order valence-corrected chi connectivity index (χ4v) is 1.36. The van der Waals surface area contributed by atoms with Gasteiger partial charge in [-0.15, -0.1) is 10.2 Å². The van der Waals surface area contributed by atoms with Crippen LogP contribution in [-0.4, -0.2) is 26.8 Å². The standard InChI is InChI=1S/C11H14N4O/c1-3-15-13-11(12-14-15)9-5-7-10(8-6-9)16-4-2/h5-8H,3-4H2,1-2H3. The molecule has 1 aromatic heterocycles. The van der Waals surface area contributed by atoms with Crippen molar-refractivity contribution >= 4 is 0 Å². The lowest BCUT2D eigenvalue weighted by Crippen LogP contribution is -1.98. The smallest absolute Gasteiger partial charge is 0.204 e. The first-order valence-corrected chi connectivity index (χ1v) is 5.34. The van der Waals surface area contributed by atoms with Gasteiger partial charge in [-0.1, -0.05) is 0 Å². The van der Waals surface area contributed by atoms with Crippen LogP contribution in [0.1, 0.15) is 13.8 Å². The fourth-order valence-electron chi connectivity index (χ4n) is 1.36. The van der Waals surface area contributed by atoms with Crippen LogP contribution in [0.4, 0.5) is 0 Å². The Morgan fingerprint density at radius 1 is 1.19 bits per heavy atom. The summed E-state index contributed by atoms with van der Waals surface area (Å²) in [6.07, 6.45) is 0. The minimum atomic E-state index is 0.643. The Kier molecular flexibility index (Phi) is 3.14. The second-order valence-corrected chi connectivity index (χ2v) is 3.26. The lowest BCUT2D eigenvalue weighted by Gasteiger charge is -2.02. The number of benzene rings is 1. The van der Waals surface area contributed by atoms with E-state index in [1.165, 1.54) is 0 Å². The molecule has 0 amide bonds. The van der Waals surface area contributed by atoms with E-state index < -0.39 is 0 Å². The highest BCUT2D eigenvalue weighted by Crippen LogP contribution is 2.18. The molecule has 0 unspecified atom stereocenters. The lowest BCUT2D eigenvalue weighted by molar-refractivity contribution is 0.340. The number of ether oxygens (including phenoxy) is 1. The van der Waals surface area contributed by atoms with Crippen molar-refractivity contribution in [2.24, 2.45) is 0 Å². The first kappa shape index (κ1) is 10.6. The quantitative estimate of drug-likeness (QED) is 0.784. The Labute approximate surface area is 94.0 Å². The fraction of sp³-hybridized carbons (Fsp3) is 0.364. The Balaban J connectivity index is 2.20. The maximum absolute atomic E-state index is 5.36. The van der Waals surface area contributed by atoms with Crippen LogP contribution in [0.25, 0.3) is 11.4 Å². The Hall–Kier alpha value is -1.91. The number of aromatic nitrogens is 4. The summed E-state index contributed by atoms with van der Waals surface area (Å²) in [7, 11) is 0. The van der Waals surface area contributed by atoms with E-state index in [2.05, 4.69) is 15.4 Å². The highest BCUT2D eigenvalue weighted by atomic mass is 16.5. The van der Waals surface area contributed by atoms with E-state index in [0.29, 0.717) is 12.4 Å². The molecular weight excluding hydrogens is 204 g/mol. The van der Waals surface area contributed by atoms with Gasteiger partial charge in [0.15, 0.2) is 0 Å². The maximum Gasteiger partial charge on any atom is 0.204 e. The molecule has 5 heteroatoms. The van der Waals surface area contributed by atoms with Gasteiger partial charge in [-0.2, -0.15) is 4.80 Å². The van der Waals surface area contributed by atoms with Gasteiger partial charge in [0.1, 0.15) is 5.75 Å². The number of hydrogen-bond acceptors (Lipinski definition) is 4. The molecule has 2 rings (SSSR count). The van der Waals surface area contributed by atoms with Gasteiger partial charge in [-0.3, -0.25) is 0 Å².